The highest BCUT2D eigenvalue weighted by Crippen LogP contribution is 2.24. The molecule has 0 aliphatic rings. The number of hydrogen-bond acceptors (Lipinski definition) is 2. The number of rotatable bonds is 4. The Morgan fingerprint density at radius 2 is 1.94 bits per heavy atom. The van der Waals surface area contributed by atoms with Crippen molar-refractivity contribution in [3.63, 3.8) is 0 Å². The van der Waals surface area contributed by atoms with Crippen LogP contribution in [0.3, 0.4) is 0 Å². The maximum Gasteiger partial charge on any atom is 0.228 e. The molecule has 0 aliphatic carbocycles. The van der Waals surface area contributed by atoms with Gasteiger partial charge in [-0.05, 0) is 33.1 Å². The normalized spacial score (nSPS) is 10.2. The van der Waals surface area contributed by atoms with Gasteiger partial charge >= 0.3 is 0 Å². The molecule has 0 bridgehead atoms. The van der Waals surface area contributed by atoms with Crippen LogP contribution < -0.4 is 4.74 Å². The molecule has 0 fully saturated rings. The maximum atomic E-state index is 5.72. The quantitative estimate of drug-likeness (QED) is 0.791. The van der Waals surface area contributed by atoms with E-state index in [2.05, 4.69) is 20.9 Å². The largest absolute Gasteiger partial charge is 0.472 e. The van der Waals surface area contributed by atoms with Crippen molar-refractivity contribution < 1.29 is 4.74 Å². The van der Waals surface area contributed by atoms with Gasteiger partial charge in [0.2, 0.25) is 5.88 Å². The summed E-state index contributed by atoms with van der Waals surface area (Å²) in [7, 11) is 0. The molecule has 0 N–H and O–H groups in total. The molecule has 88 valence electrons. The van der Waals surface area contributed by atoms with Crippen LogP contribution in [0.25, 0.3) is 0 Å². The number of halogens is 2. The van der Waals surface area contributed by atoms with E-state index in [1.165, 1.54) is 0 Å². The summed E-state index contributed by atoms with van der Waals surface area (Å²) >= 11 is 9.14. The van der Waals surface area contributed by atoms with Crippen molar-refractivity contribution >= 4 is 27.5 Å². The van der Waals surface area contributed by atoms with Gasteiger partial charge in [-0.15, -0.1) is 11.6 Å². The first kappa shape index (κ1) is 12.4. The molecule has 0 unspecified atom stereocenters. The summed E-state index contributed by atoms with van der Waals surface area (Å²) in [5, 5.41) is 0. The Bertz CT molecular complexity index is 490. The molecule has 4 heteroatoms. The summed E-state index contributed by atoms with van der Waals surface area (Å²) in [6.45, 7) is 0.507. The molecular formula is C13H11BrClNO. The lowest BCUT2D eigenvalue weighted by Crippen LogP contribution is -1.98. The van der Waals surface area contributed by atoms with Crippen LogP contribution in [0, 0.1) is 0 Å². The van der Waals surface area contributed by atoms with Crippen LogP contribution in [-0.2, 0) is 12.5 Å². The second-order valence-electron chi connectivity index (χ2n) is 3.54. The summed E-state index contributed by atoms with van der Waals surface area (Å²) in [4.78, 5) is 4.21. The van der Waals surface area contributed by atoms with E-state index >= 15 is 0 Å². The van der Waals surface area contributed by atoms with Crippen LogP contribution in [0.4, 0.5) is 0 Å². The molecule has 0 saturated carbocycles. The zero-order chi connectivity index (χ0) is 12.1. The van der Waals surface area contributed by atoms with E-state index in [0.717, 1.165) is 15.6 Å². The first-order valence-corrected chi connectivity index (χ1v) is 6.49. The number of alkyl halides is 1. The lowest BCUT2D eigenvalue weighted by atomic mass is 10.2. The molecule has 2 rings (SSSR count). The van der Waals surface area contributed by atoms with E-state index in [4.69, 9.17) is 16.3 Å². The topological polar surface area (TPSA) is 22.1 Å². The molecule has 1 aromatic heterocycles. The van der Waals surface area contributed by atoms with Gasteiger partial charge in [-0.1, -0.05) is 30.3 Å². The van der Waals surface area contributed by atoms with Crippen molar-refractivity contribution in [2.24, 2.45) is 0 Å². The van der Waals surface area contributed by atoms with Crippen LogP contribution in [0.2, 0.25) is 0 Å². The van der Waals surface area contributed by atoms with Gasteiger partial charge in [-0.25, -0.2) is 4.98 Å². The molecule has 1 aromatic carbocycles. The van der Waals surface area contributed by atoms with Gasteiger partial charge in [0.05, 0.1) is 4.47 Å². The molecule has 0 aliphatic heterocycles. The molecule has 0 radical (unpaired) electrons. The number of hydrogen-bond donors (Lipinski definition) is 0. The molecule has 17 heavy (non-hydrogen) atoms. The smallest absolute Gasteiger partial charge is 0.228 e. The predicted octanol–water partition coefficient (Wildman–Crippen LogP) is 4.16. The molecule has 0 amide bonds. The van der Waals surface area contributed by atoms with E-state index in [1.54, 1.807) is 6.20 Å². The number of nitrogens with zero attached hydrogens (tertiary/aromatic N) is 1. The van der Waals surface area contributed by atoms with Crippen molar-refractivity contribution in [2.75, 3.05) is 0 Å². The number of benzene rings is 1. The highest BCUT2D eigenvalue weighted by molar-refractivity contribution is 9.10. The third kappa shape index (κ3) is 3.45. The van der Waals surface area contributed by atoms with Gasteiger partial charge in [-0.3, -0.25) is 0 Å². The Labute approximate surface area is 114 Å². The third-order valence-corrected chi connectivity index (χ3v) is 3.11. The highest BCUT2D eigenvalue weighted by atomic mass is 79.9. The summed E-state index contributed by atoms with van der Waals surface area (Å²) in [6.07, 6.45) is 1.72. The number of ether oxygens (including phenoxy) is 1. The van der Waals surface area contributed by atoms with E-state index in [1.807, 2.05) is 36.4 Å². The van der Waals surface area contributed by atoms with E-state index in [9.17, 15) is 0 Å². The lowest BCUT2D eigenvalue weighted by molar-refractivity contribution is 0.291. The molecular weight excluding hydrogens is 302 g/mol. The van der Waals surface area contributed by atoms with Crippen LogP contribution >= 0.6 is 27.5 Å². The van der Waals surface area contributed by atoms with Gasteiger partial charge in [0, 0.05) is 12.1 Å². The molecule has 0 spiro atoms. The second kappa shape index (κ2) is 6.03. The molecule has 2 aromatic rings. The van der Waals surface area contributed by atoms with Crippen molar-refractivity contribution in [2.45, 2.75) is 12.5 Å². The SMILES string of the molecule is ClCc1cnc(OCc2ccccc2)c(Br)c1. The van der Waals surface area contributed by atoms with Gasteiger partial charge in [0.1, 0.15) is 6.61 Å². The monoisotopic (exact) mass is 311 g/mol. The Hall–Kier alpha value is -1.06. The Balaban J connectivity index is 2.04. The highest BCUT2D eigenvalue weighted by Gasteiger charge is 2.04. The molecule has 0 atom stereocenters. The van der Waals surface area contributed by atoms with Gasteiger partial charge in [0.15, 0.2) is 0 Å². The summed E-state index contributed by atoms with van der Waals surface area (Å²) < 4.78 is 6.45. The van der Waals surface area contributed by atoms with Crippen LogP contribution in [0.1, 0.15) is 11.1 Å². The lowest BCUT2D eigenvalue weighted by Gasteiger charge is -2.07. The third-order valence-electron chi connectivity index (χ3n) is 2.24. The van der Waals surface area contributed by atoms with Crippen molar-refractivity contribution in [1.82, 2.24) is 4.98 Å². The molecule has 2 nitrogen and oxygen atoms in total. The maximum absolute atomic E-state index is 5.72. The average Bonchev–Trinajstić information content (AvgIpc) is 2.38. The Morgan fingerprint density at radius 1 is 1.18 bits per heavy atom. The standard InChI is InChI=1S/C13H11BrClNO/c14-12-6-11(7-15)8-16-13(12)17-9-10-4-2-1-3-5-10/h1-6,8H,7,9H2. The van der Waals surface area contributed by atoms with Crippen LogP contribution in [0.15, 0.2) is 47.1 Å². The average molecular weight is 313 g/mol. The van der Waals surface area contributed by atoms with Gasteiger partial charge in [-0.2, -0.15) is 0 Å². The first-order valence-electron chi connectivity index (χ1n) is 5.16. The summed E-state index contributed by atoms with van der Waals surface area (Å²) in [6, 6.07) is 11.9. The Kier molecular flexibility index (Phi) is 4.40. The van der Waals surface area contributed by atoms with E-state index < -0.39 is 0 Å². The van der Waals surface area contributed by atoms with Crippen molar-refractivity contribution in [3.05, 3.63) is 58.2 Å². The fourth-order valence-electron chi connectivity index (χ4n) is 1.37. The minimum atomic E-state index is 0.449. The van der Waals surface area contributed by atoms with Gasteiger partial charge < -0.3 is 4.74 Å². The second-order valence-corrected chi connectivity index (χ2v) is 4.66. The number of pyridine rings is 1. The zero-order valence-corrected chi connectivity index (χ0v) is 11.4. The van der Waals surface area contributed by atoms with E-state index in [-0.39, 0.29) is 0 Å². The minimum absolute atomic E-state index is 0.449. The van der Waals surface area contributed by atoms with E-state index in [0.29, 0.717) is 18.4 Å². The van der Waals surface area contributed by atoms with Crippen molar-refractivity contribution in [1.29, 1.82) is 0 Å². The summed E-state index contributed by atoms with van der Waals surface area (Å²) in [5.74, 6) is 1.03. The minimum Gasteiger partial charge on any atom is -0.472 e. The summed E-state index contributed by atoms with van der Waals surface area (Å²) in [5.41, 5.74) is 2.08. The van der Waals surface area contributed by atoms with Crippen LogP contribution in [-0.4, -0.2) is 4.98 Å². The fourth-order valence-corrected chi connectivity index (χ4v) is 2.03. The fraction of sp³-hybridized carbons (Fsp3) is 0.154. The molecule has 1 heterocycles. The Morgan fingerprint density at radius 3 is 2.59 bits per heavy atom. The zero-order valence-electron chi connectivity index (χ0n) is 9.07. The van der Waals surface area contributed by atoms with Crippen LogP contribution in [0.5, 0.6) is 5.88 Å². The van der Waals surface area contributed by atoms with Crippen molar-refractivity contribution in [3.8, 4) is 5.88 Å². The number of aromatic nitrogens is 1. The predicted molar refractivity (Wildman–Crippen MR) is 72.3 cm³/mol. The van der Waals surface area contributed by atoms with Gasteiger partial charge in [0.25, 0.3) is 0 Å². The molecule has 0 saturated heterocycles. The first-order chi connectivity index (χ1) is 8.29.